The van der Waals surface area contributed by atoms with Gasteiger partial charge in [-0.1, -0.05) is 12.5 Å². The van der Waals surface area contributed by atoms with Crippen LogP contribution in [0.15, 0.2) is 18.2 Å². The molecule has 0 radical (unpaired) electrons. The molecule has 1 heterocycles. The largest absolute Gasteiger partial charge is 0.493 e. The van der Waals surface area contributed by atoms with Crippen LogP contribution in [0.1, 0.15) is 38.7 Å². The van der Waals surface area contributed by atoms with E-state index in [-0.39, 0.29) is 6.03 Å². The van der Waals surface area contributed by atoms with Crippen molar-refractivity contribution in [3.8, 4) is 11.5 Å². The highest BCUT2D eigenvalue weighted by Gasteiger charge is 2.25. The number of methoxy groups -OCH3 is 2. The number of hydrogen-bond donors (Lipinski definition) is 2. The minimum Gasteiger partial charge on any atom is -0.493 e. The molecule has 2 atom stereocenters. The minimum atomic E-state index is -0.180. The van der Waals surface area contributed by atoms with Crippen LogP contribution in [0.4, 0.5) is 4.79 Å². The molecule has 1 aliphatic rings. The lowest BCUT2D eigenvalue weighted by Crippen LogP contribution is -2.56. The number of carbonyl (C=O) groups excluding carboxylic acids is 1. The number of rotatable bonds is 5. The van der Waals surface area contributed by atoms with Gasteiger partial charge in [0.2, 0.25) is 0 Å². The van der Waals surface area contributed by atoms with E-state index < -0.39 is 0 Å². The topological polar surface area (TPSA) is 62.8 Å². The molecule has 1 aromatic rings. The fourth-order valence-electron chi connectivity index (χ4n) is 2.97. The third-order valence-corrected chi connectivity index (χ3v) is 4.33. The maximum absolute atomic E-state index is 12.1. The number of urea groups is 1. The van der Waals surface area contributed by atoms with E-state index in [1.54, 1.807) is 14.2 Å². The van der Waals surface area contributed by atoms with Crippen LogP contribution in [0.3, 0.4) is 0 Å². The SMILES string of the molecule is COc1ccc(CNC(=O)NN2[C@H](C)CCC[C@H]2C)cc1OC. The molecular weight excluding hydrogens is 294 g/mol. The van der Waals surface area contributed by atoms with Gasteiger partial charge < -0.3 is 14.8 Å². The van der Waals surface area contributed by atoms with Gasteiger partial charge >= 0.3 is 6.03 Å². The van der Waals surface area contributed by atoms with E-state index in [0.29, 0.717) is 30.1 Å². The van der Waals surface area contributed by atoms with Gasteiger partial charge in [0.15, 0.2) is 11.5 Å². The molecule has 2 rings (SSSR count). The number of piperidine rings is 1. The Bertz CT molecular complexity index is 526. The van der Waals surface area contributed by atoms with Crippen LogP contribution in [-0.2, 0) is 6.54 Å². The standard InChI is InChI=1S/C17H27N3O3/c1-12-6-5-7-13(2)20(12)19-17(21)18-11-14-8-9-15(22-3)16(10-14)23-4/h8-10,12-13H,5-7,11H2,1-4H3,(H2,18,19,21)/t12-,13-/m1/s1. The van der Waals surface area contributed by atoms with Crippen molar-refractivity contribution in [1.82, 2.24) is 15.8 Å². The fraction of sp³-hybridized carbons (Fsp3) is 0.588. The monoisotopic (exact) mass is 321 g/mol. The summed E-state index contributed by atoms with van der Waals surface area (Å²) in [4.78, 5) is 12.1. The summed E-state index contributed by atoms with van der Waals surface area (Å²) in [5.41, 5.74) is 3.92. The first-order chi connectivity index (χ1) is 11.0. The second kappa shape index (κ2) is 8.06. The molecule has 1 aliphatic heterocycles. The molecule has 2 amide bonds. The summed E-state index contributed by atoms with van der Waals surface area (Å²) in [5.74, 6) is 1.34. The smallest absolute Gasteiger partial charge is 0.329 e. The highest BCUT2D eigenvalue weighted by molar-refractivity contribution is 5.73. The molecule has 0 aliphatic carbocycles. The van der Waals surface area contributed by atoms with Crippen molar-refractivity contribution in [1.29, 1.82) is 0 Å². The van der Waals surface area contributed by atoms with Gasteiger partial charge in [-0.25, -0.2) is 9.80 Å². The number of amides is 2. The van der Waals surface area contributed by atoms with E-state index in [9.17, 15) is 4.79 Å². The molecule has 0 aromatic heterocycles. The molecular formula is C17H27N3O3. The van der Waals surface area contributed by atoms with Gasteiger partial charge in [0.1, 0.15) is 0 Å². The Balaban J connectivity index is 1.89. The maximum atomic E-state index is 12.1. The van der Waals surface area contributed by atoms with Crippen molar-refractivity contribution in [2.45, 2.75) is 51.7 Å². The van der Waals surface area contributed by atoms with Crippen molar-refractivity contribution < 1.29 is 14.3 Å². The third kappa shape index (κ3) is 4.51. The van der Waals surface area contributed by atoms with Gasteiger partial charge in [-0.05, 0) is 44.4 Å². The molecule has 0 spiro atoms. The van der Waals surface area contributed by atoms with Gasteiger partial charge in [-0.3, -0.25) is 5.43 Å². The summed E-state index contributed by atoms with van der Waals surface area (Å²) >= 11 is 0. The Labute approximate surface area is 138 Å². The molecule has 0 bridgehead atoms. The van der Waals surface area contributed by atoms with E-state index >= 15 is 0 Å². The van der Waals surface area contributed by atoms with Crippen molar-refractivity contribution in [3.63, 3.8) is 0 Å². The van der Waals surface area contributed by atoms with Gasteiger partial charge in [0.25, 0.3) is 0 Å². The van der Waals surface area contributed by atoms with Gasteiger partial charge in [-0.2, -0.15) is 0 Å². The van der Waals surface area contributed by atoms with Gasteiger partial charge in [0, 0.05) is 18.6 Å². The number of nitrogens with zero attached hydrogens (tertiary/aromatic N) is 1. The number of carbonyl (C=O) groups is 1. The second-order valence-corrected chi connectivity index (χ2v) is 6.02. The van der Waals surface area contributed by atoms with Crippen LogP contribution in [0.2, 0.25) is 0 Å². The average Bonchev–Trinajstić information content (AvgIpc) is 2.56. The number of benzene rings is 1. The summed E-state index contributed by atoms with van der Waals surface area (Å²) in [6.07, 6.45) is 3.44. The summed E-state index contributed by atoms with van der Waals surface area (Å²) in [7, 11) is 3.20. The first kappa shape index (κ1) is 17.4. The Hall–Kier alpha value is -1.95. The minimum absolute atomic E-state index is 0.180. The molecule has 128 valence electrons. The van der Waals surface area contributed by atoms with Crippen LogP contribution in [0.25, 0.3) is 0 Å². The molecule has 1 aromatic carbocycles. The maximum Gasteiger partial charge on any atom is 0.329 e. The Morgan fingerprint density at radius 2 is 1.83 bits per heavy atom. The van der Waals surface area contributed by atoms with Crippen molar-refractivity contribution in [2.24, 2.45) is 0 Å². The fourth-order valence-corrected chi connectivity index (χ4v) is 2.97. The van der Waals surface area contributed by atoms with Crippen molar-refractivity contribution >= 4 is 6.03 Å². The zero-order chi connectivity index (χ0) is 16.8. The quantitative estimate of drug-likeness (QED) is 0.875. The van der Waals surface area contributed by atoms with Crippen molar-refractivity contribution in [3.05, 3.63) is 23.8 Å². The number of hydrogen-bond acceptors (Lipinski definition) is 4. The zero-order valence-corrected chi connectivity index (χ0v) is 14.4. The van der Waals surface area contributed by atoms with E-state index in [4.69, 9.17) is 9.47 Å². The van der Waals surface area contributed by atoms with Crippen molar-refractivity contribution in [2.75, 3.05) is 14.2 Å². The predicted molar refractivity (Wildman–Crippen MR) is 89.5 cm³/mol. The predicted octanol–water partition coefficient (Wildman–Crippen LogP) is 2.68. The molecule has 2 N–H and O–H groups in total. The first-order valence-electron chi connectivity index (χ1n) is 8.09. The lowest BCUT2D eigenvalue weighted by atomic mass is 10.00. The Kier molecular flexibility index (Phi) is 6.10. The summed E-state index contributed by atoms with van der Waals surface area (Å²) in [6.45, 7) is 4.72. The number of hydrazine groups is 1. The van der Waals surface area contributed by atoms with Gasteiger partial charge in [-0.15, -0.1) is 0 Å². The highest BCUT2D eigenvalue weighted by Crippen LogP contribution is 2.27. The third-order valence-electron chi connectivity index (χ3n) is 4.33. The average molecular weight is 321 g/mol. The normalized spacial score (nSPS) is 21.6. The molecule has 1 fully saturated rings. The molecule has 0 unspecified atom stereocenters. The number of ether oxygens (including phenoxy) is 2. The molecule has 6 heteroatoms. The molecule has 23 heavy (non-hydrogen) atoms. The van der Waals surface area contributed by atoms with Crippen LogP contribution < -0.4 is 20.2 Å². The summed E-state index contributed by atoms with van der Waals surface area (Å²) in [6, 6.07) is 6.17. The second-order valence-electron chi connectivity index (χ2n) is 6.02. The van der Waals surface area contributed by atoms with Crippen LogP contribution in [-0.4, -0.2) is 37.3 Å². The molecule has 6 nitrogen and oxygen atoms in total. The summed E-state index contributed by atoms with van der Waals surface area (Å²) in [5, 5.41) is 4.94. The van der Waals surface area contributed by atoms with E-state index in [1.807, 2.05) is 23.2 Å². The lowest BCUT2D eigenvalue weighted by Gasteiger charge is -2.38. The zero-order valence-electron chi connectivity index (χ0n) is 14.4. The molecule has 1 saturated heterocycles. The lowest BCUT2D eigenvalue weighted by molar-refractivity contribution is 0.0594. The van der Waals surface area contributed by atoms with Crippen LogP contribution in [0, 0.1) is 0 Å². The highest BCUT2D eigenvalue weighted by atomic mass is 16.5. The van der Waals surface area contributed by atoms with Crippen LogP contribution in [0.5, 0.6) is 11.5 Å². The van der Waals surface area contributed by atoms with Crippen LogP contribution >= 0.6 is 0 Å². The Morgan fingerprint density at radius 3 is 2.43 bits per heavy atom. The summed E-state index contributed by atoms with van der Waals surface area (Å²) < 4.78 is 10.5. The molecule has 0 saturated carbocycles. The Morgan fingerprint density at radius 1 is 1.17 bits per heavy atom. The first-order valence-corrected chi connectivity index (χ1v) is 8.09. The van der Waals surface area contributed by atoms with E-state index in [0.717, 1.165) is 18.4 Å². The van der Waals surface area contributed by atoms with E-state index in [2.05, 4.69) is 24.6 Å². The van der Waals surface area contributed by atoms with E-state index in [1.165, 1.54) is 6.42 Å². The number of nitrogens with one attached hydrogen (secondary N) is 2. The van der Waals surface area contributed by atoms with Gasteiger partial charge in [0.05, 0.1) is 14.2 Å².